The zero-order valence-electron chi connectivity index (χ0n) is 12.3. The van der Waals surface area contributed by atoms with E-state index in [2.05, 4.69) is 9.98 Å². The van der Waals surface area contributed by atoms with Crippen molar-refractivity contribution in [2.75, 3.05) is 0 Å². The van der Waals surface area contributed by atoms with E-state index in [0.29, 0.717) is 5.75 Å². The molecule has 0 bridgehead atoms. The summed E-state index contributed by atoms with van der Waals surface area (Å²) in [5, 5.41) is 0.750. The van der Waals surface area contributed by atoms with Gasteiger partial charge < -0.3 is 0 Å². The van der Waals surface area contributed by atoms with E-state index in [1.54, 1.807) is 0 Å². The maximum atomic E-state index is 12.5. The maximum Gasteiger partial charge on any atom is 0.416 e. The van der Waals surface area contributed by atoms with Crippen molar-refractivity contribution < 1.29 is 18.0 Å². The number of urea groups is 1. The van der Waals surface area contributed by atoms with Crippen LogP contribution in [0.1, 0.15) is 36.8 Å². The number of alkyl halides is 3. The Bertz CT molecular complexity index is 665. The summed E-state index contributed by atoms with van der Waals surface area (Å²) in [6, 6.07) is 4.63. The highest BCUT2D eigenvalue weighted by Gasteiger charge is 2.31. The van der Waals surface area contributed by atoms with Crippen LogP contribution in [-0.2, 0) is 11.9 Å². The molecule has 1 aliphatic heterocycles. The van der Waals surface area contributed by atoms with Gasteiger partial charge in [0.1, 0.15) is 0 Å². The van der Waals surface area contributed by atoms with E-state index >= 15 is 0 Å². The van der Waals surface area contributed by atoms with Gasteiger partial charge in [-0.05, 0) is 37.0 Å². The van der Waals surface area contributed by atoms with Gasteiger partial charge in [-0.2, -0.15) is 18.2 Å². The summed E-state index contributed by atoms with van der Waals surface area (Å²) in [5.74, 6) is 0.606. The lowest BCUT2D eigenvalue weighted by atomic mass is 9.87. The minimum Gasteiger partial charge on any atom is -0.244 e. The molecule has 0 aromatic heterocycles. The van der Waals surface area contributed by atoms with Gasteiger partial charge in [0.2, 0.25) is 0 Å². The molecule has 7 heteroatoms. The van der Waals surface area contributed by atoms with Crippen LogP contribution in [0.5, 0.6) is 0 Å². The summed E-state index contributed by atoms with van der Waals surface area (Å²) >= 11 is 1.42. The van der Waals surface area contributed by atoms with Crippen molar-refractivity contribution in [2.45, 2.75) is 37.6 Å². The van der Waals surface area contributed by atoms with E-state index in [4.69, 9.17) is 0 Å². The highest BCUT2D eigenvalue weighted by Crippen LogP contribution is 2.33. The van der Waals surface area contributed by atoms with E-state index < -0.39 is 17.8 Å². The fourth-order valence-corrected chi connectivity index (χ4v) is 3.90. The third-order valence-corrected chi connectivity index (χ3v) is 5.14. The molecule has 1 unspecified atom stereocenters. The van der Waals surface area contributed by atoms with Crippen molar-refractivity contribution >= 4 is 28.5 Å². The van der Waals surface area contributed by atoms with Crippen LogP contribution in [0.3, 0.4) is 0 Å². The summed E-state index contributed by atoms with van der Waals surface area (Å²) in [7, 11) is 0. The second-order valence-corrected chi connectivity index (χ2v) is 6.61. The molecule has 23 heavy (non-hydrogen) atoms. The number of carbonyl (C=O) groups is 1. The molecule has 3 rings (SSSR count). The first-order valence-corrected chi connectivity index (χ1v) is 8.41. The fourth-order valence-electron chi connectivity index (χ4n) is 2.80. The molecule has 122 valence electrons. The number of aliphatic imine (C=N–C) groups is 2. The lowest BCUT2D eigenvalue weighted by molar-refractivity contribution is -0.137. The SMILES string of the molecule is O=C1N=C2CCCCC2C(SCc2ccc(C(F)(F)F)cc2)=N1. The first-order valence-electron chi connectivity index (χ1n) is 7.42. The van der Waals surface area contributed by atoms with Crippen molar-refractivity contribution in [3.05, 3.63) is 35.4 Å². The Kier molecular flexibility index (Phi) is 4.57. The van der Waals surface area contributed by atoms with Crippen molar-refractivity contribution in [3.63, 3.8) is 0 Å². The van der Waals surface area contributed by atoms with E-state index in [1.807, 2.05) is 0 Å². The molecule has 1 heterocycles. The van der Waals surface area contributed by atoms with Crippen LogP contribution in [0.2, 0.25) is 0 Å². The summed E-state index contributed by atoms with van der Waals surface area (Å²) < 4.78 is 37.6. The number of amides is 2. The first kappa shape index (κ1) is 16.2. The van der Waals surface area contributed by atoms with Gasteiger partial charge in [0.25, 0.3) is 0 Å². The van der Waals surface area contributed by atoms with E-state index in [-0.39, 0.29) is 5.92 Å². The van der Waals surface area contributed by atoms with E-state index in [9.17, 15) is 18.0 Å². The molecule has 0 N–H and O–H groups in total. The number of hydrogen-bond acceptors (Lipinski definition) is 2. The number of nitrogens with zero attached hydrogens (tertiary/aromatic N) is 2. The Labute approximate surface area is 136 Å². The molecule has 1 aromatic rings. The Morgan fingerprint density at radius 1 is 1.13 bits per heavy atom. The van der Waals surface area contributed by atoms with Gasteiger partial charge in [0.05, 0.1) is 10.6 Å². The van der Waals surface area contributed by atoms with Gasteiger partial charge in [-0.1, -0.05) is 18.6 Å². The number of rotatable bonds is 2. The van der Waals surface area contributed by atoms with Crippen LogP contribution >= 0.6 is 11.8 Å². The Balaban J connectivity index is 1.67. The molecule has 1 aliphatic carbocycles. The molecule has 1 saturated carbocycles. The number of benzene rings is 1. The first-order chi connectivity index (χ1) is 10.9. The average Bonchev–Trinajstić information content (AvgIpc) is 2.52. The quantitative estimate of drug-likeness (QED) is 0.751. The Hall–Kier alpha value is -1.63. The topological polar surface area (TPSA) is 41.8 Å². The molecule has 1 fully saturated rings. The zero-order valence-corrected chi connectivity index (χ0v) is 13.1. The lowest BCUT2D eigenvalue weighted by Crippen LogP contribution is -2.30. The largest absolute Gasteiger partial charge is 0.416 e. The number of fused-ring (bicyclic) bond motifs is 1. The number of hydrogen-bond donors (Lipinski definition) is 0. The Morgan fingerprint density at radius 2 is 1.87 bits per heavy atom. The summed E-state index contributed by atoms with van der Waals surface area (Å²) in [6.45, 7) is 0. The molecule has 1 atom stereocenters. The molecule has 3 nitrogen and oxygen atoms in total. The van der Waals surface area contributed by atoms with Crippen LogP contribution in [0, 0.1) is 5.92 Å². The van der Waals surface area contributed by atoms with Gasteiger partial charge in [-0.3, -0.25) is 0 Å². The van der Waals surface area contributed by atoms with Crippen molar-refractivity contribution in [3.8, 4) is 0 Å². The second-order valence-electron chi connectivity index (χ2n) is 5.62. The van der Waals surface area contributed by atoms with Crippen LogP contribution in [0.25, 0.3) is 0 Å². The highest BCUT2D eigenvalue weighted by atomic mass is 32.2. The minimum atomic E-state index is -4.32. The normalized spacial score (nSPS) is 21.5. The highest BCUT2D eigenvalue weighted by molar-refractivity contribution is 8.13. The monoisotopic (exact) mass is 340 g/mol. The van der Waals surface area contributed by atoms with Gasteiger partial charge in [0.15, 0.2) is 0 Å². The van der Waals surface area contributed by atoms with Crippen LogP contribution in [-0.4, -0.2) is 16.8 Å². The Morgan fingerprint density at radius 3 is 2.57 bits per heavy atom. The predicted octanol–water partition coefficient (Wildman–Crippen LogP) is 5.10. The maximum absolute atomic E-state index is 12.5. The fraction of sp³-hybridized carbons (Fsp3) is 0.438. The molecule has 2 amide bonds. The number of halogens is 3. The van der Waals surface area contributed by atoms with Crippen LogP contribution in [0.4, 0.5) is 18.0 Å². The molecule has 0 radical (unpaired) electrons. The van der Waals surface area contributed by atoms with E-state index in [0.717, 1.165) is 54.1 Å². The molecule has 2 aliphatic rings. The summed E-state index contributed by atoms with van der Waals surface area (Å²) in [5.41, 5.74) is 1.03. The summed E-state index contributed by atoms with van der Waals surface area (Å²) in [6.07, 6.45) is -0.433. The zero-order chi connectivity index (χ0) is 16.4. The standard InChI is InChI=1S/C16H15F3N2OS/c17-16(18,19)11-7-5-10(6-8-11)9-23-14-12-3-1-2-4-13(12)20-15(22)21-14/h5-8,12H,1-4,9H2. The smallest absolute Gasteiger partial charge is 0.244 e. The molecular weight excluding hydrogens is 325 g/mol. The molecule has 0 saturated heterocycles. The van der Waals surface area contributed by atoms with Gasteiger partial charge in [-0.25, -0.2) is 9.79 Å². The van der Waals surface area contributed by atoms with Crippen LogP contribution in [0.15, 0.2) is 34.3 Å². The van der Waals surface area contributed by atoms with E-state index in [1.165, 1.54) is 23.9 Å². The van der Waals surface area contributed by atoms with Crippen LogP contribution < -0.4 is 0 Å². The van der Waals surface area contributed by atoms with Gasteiger partial charge in [-0.15, -0.1) is 11.8 Å². The molecule has 0 spiro atoms. The van der Waals surface area contributed by atoms with Crippen molar-refractivity contribution in [1.82, 2.24) is 0 Å². The van der Waals surface area contributed by atoms with Crippen molar-refractivity contribution in [1.29, 1.82) is 0 Å². The number of carbonyl (C=O) groups excluding carboxylic acids is 1. The second kappa shape index (κ2) is 6.47. The average molecular weight is 340 g/mol. The number of thioether (sulfide) groups is 1. The third kappa shape index (κ3) is 3.83. The molecular formula is C16H15F3N2OS. The van der Waals surface area contributed by atoms with Gasteiger partial charge >= 0.3 is 12.2 Å². The molecule has 1 aromatic carbocycles. The summed E-state index contributed by atoms with van der Waals surface area (Å²) in [4.78, 5) is 19.6. The predicted molar refractivity (Wildman–Crippen MR) is 85.0 cm³/mol. The third-order valence-electron chi connectivity index (χ3n) is 3.99. The van der Waals surface area contributed by atoms with Crippen molar-refractivity contribution in [2.24, 2.45) is 15.9 Å². The minimum absolute atomic E-state index is 0.112. The van der Waals surface area contributed by atoms with Gasteiger partial charge in [0, 0.05) is 17.4 Å². The lowest BCUT2D eigenvalue weighted by Gasteiger charge is -2.27.